The van der Waals surface area contributed by atoms with Gasteiger partial charge < -0.3 is 15.7 Å². The minimum atomic E-state index is -0.441. The number of carbonyl (C=O) groups excluding carboxylic acids is 1. The highest BCUT2D eigenvalue weighted by atomic mass is 79.9. The summed E-state index contributed by atoms with van der Waals surface area (Å²) >= 11 is 8.48. The van der Waals surface area contributed by atoms with Gasteiger partial charge in [-0.15, -0.1) is 0 Å². The summed E-state index contributed by atoms with van der Waals surface area (Å²) in [6.07, 6.45) is 0. The first-order valence-electron chi connectivity index (χ1n) is 5.67. The molecule has 0 saturated carbocycles. The molecule has 1 heterocycles. The van der Waals surface area contributed by atoms with Crippen molar-refractivity contribution in [3.8, 4) is 5.75 Å². The van der Waals surface area contributed by atoms with E-state index in [-0.39, 0.29) is 11.5 Å². The van der Waals surface area contributed by atoms with Crippen molar-refractivity contribution in [3.05, 3.63) is 39.5 Å². The molecule has 0 radical (unpaired) electrons. The highest BCUT2D eigenvalue weighted by Crippen LogP contribution is 2.34. The second-order valence-electron chi connectivity index (χ2n) is 4.33. The van der Waals surface area contributed by atoms with E-state index in [0.717, 1.165) is 4.47 Å². The molecule has 1 aliphatic rings. The van der Waals surface area contributed by atoms with Gasteiger partial charge in [0.15, 0.2) is 10.9 Å². The van der Waals surface area contributed by atoms with Crippen molar-refractivity contribution in [1.29, 1.82) is 0 Å². The van der Waals surface area contributed by atoms with Crippen molar-refractivity contribution >= 4 is 39.0 Å². The van der Waals surface area contributed by atoms with Crippen LogP contribution in [-0.2, 0) is 4.79 Å². The fourth-order valence-corrected chi connectivity index (χ4v) is 2.80. The maximum Gasteiger partial charge on any atom is 0.171 e. The van der Waals surface area contributed by atoms with E-state index >= 15 is 0 Å². The summed E-state index contributed by atoms with van der Waals surface area (Å²) in [5, 5.41) is 16.4. The van der Waals surface area contributed by atoms with Crippen LogP contribution in [0.1, 0.15) is 25.5 Å². The molecule has 0 spiro atoms. The monoisotopic (exact) mass is 340 g/mol. The average Bonchev–Trinajstić information content (AvgIpc) is 2.30. The topological polar surface area (TPSA) is 61.4 Å². The number of thiocarbonyl (C=S) groups is 1. The van der Waals surface area contributed by atoms with Crippen molar-refractivity contribution in [1.82, 2.24) is 10.6 Å². The van der Waals surface area contributed by atoms with Crippen LogP contribution < -0.4 is 10.6 Å². The second-order valence-corrected chi connectivity index (χ2v) is 5.65. The number of Topliss-reactive ketones (excluding diaryl/α,β-unsaturated/α-hetero) is 1. The van der Waals surface area contributed by atoms with Crippen molar-refractivity contribution in [2.45, 2.75) is 19.9 Å². The van der Waals surface area contributed by atoms with Crippen LogP contribution in [0.2, 0.25) is 0 Å². The third kappa shape index (κ3) is 2.79. The van der Waals surface area contributed by atoms with E-state index in [2.05, 4.69) is 26.6 Å². The molecule has 1 aliphatic heterocycles. The lowest BCUT2D eigenvalue weighted by atomic mass is 9.92. The van der Waals surface area contributed by atoms with Gasteiger partial charge in [-0.25, -0.2) is 0 Å². The number of nitrogens with one attached hydrogen (secondary N) is 2. The predicted octanol–water partition coefficient (Wildman–Crippen LogP) is 2.54. The number of carbonyl (C=O) groups is 1. The average molecular weight is 341 g/mol. The molecule has 0 aliphatic carbocycles. The molecule has 0 aromatic heterocycles. The van der Waals surface area contributed by atoms with Crippen LogP contribution in [0.5, 0.6) is 5.75 Å². The lowest BCUT2D eigenvalue weighted by Gasteiger charge is -2.30. The van der Waals surface area contributed by atoms with E-state index in [9.17, 15) is 9.90 Å². The Bertz CT molecular complexity index is 598. The number of allylic oxidation sites excluding steroid dienone is 1. The molecule has 2 rings (SSSR count). The summed E-state index contributed by atoms with van der Waals surface area (Å²) in [7, 11) is 0. The summed E-state index contributed by atoms with van der Waals surface area (Å²) in [5.74, 6) is 0.0568. The number of halogens is 1. The molecule has 19 heavy (non-hydrogen) atoms. The lowest BCUT2D eigenvalue weighted by molar-refractivity contribution is -0.114. The van der Waals surface area contributed by atoms with E-state index in [0.29, 0.717) is 21.9 Å². The van der Waals surface area contributed by atoms with Gasteiger partial charge in [0.2, 0.25) is 0 Å². The molecule has 100 valence electrons. The molecule has 3 N–H and O–H groups in total. The maximum absolute atomic E-state index is 11.8. The molecular formula is C13H13BrN2O2S. The number of phenolic OH excluding ortho intramolecular Hbond substituents is 1. The summed E-state index contributed by atoms with van der Waals surface area (Å²) < 4.78 is 0.826. The molecular weight excluding hydrogens is 328 g/mol. The lowest BCUT2D eigenvalue weighted by Crippen LogP contribution is -2.44. The first-order chi connectivity index (χ1) is 8.90. The van der Waals surface area contributed by atoms with Crippen molar-refractivity contribution in [2.24, 2.45) is 0 Å². The van der Waals surface area contributed by atoms with Gasteiger partial charge in [0.1, 0.15) is 5.75 Å². The highest BCUT2D eigenvalue weighted by molar-refractivity contribution is 9.10. The predicted molar refractivity (Wildman–Crippen MR) is 80.8 cm³/mol. The van der Waals surface area contributed by atoms with Gasteiger partial charge in [-0.1, -0.05) is 15.9 Å². The summed E-state index contributed by atoms with van der Waals surface area (Å²) in [6, 6.07) is 4.65. The van der Waals surface area contributed by atoms with Gasteiger partial charge in [-0.05, 0) is 44.3 Å². The minimum absolute atomic E-state index is 0.0654. The number of hydrogen-bond donors (Lipinski definition) is 3. The molecule has 0 saturated heterocycles. The molecule has 0 fully saturated rings. The van der Waals surface area contributed by atoms with Crippen LogP contribution >= 0.6 is 28.1 Å². The maximum atomic E-state index is 11.8. The van der Waals surface area contributed by atoms with Crippen LogP contribution in [0.15, 0.2) is 33.9 Å². The summed E-state index contributed by atoms with van der Waals surface area (Å²) in [4.78, 5) is 11.8. The fourth-order valence-electron chi connectivity index (χ4n) is 2.15. The van der Waals surface area contributed by atoms with E-state index in [1.807, 2.05) is 0 Å². The standard InChI is InChI=1S/C13H13BrN2O2S/c1-6-11(7(2)17)12(16-13(19)15-6)9-5-8(14)3-4-10(9)18/h3-5,12,18H,1-2H3,(H2,15,16,19)/t12-/m1/s1. The Labute approximate surface area is 125 Å². The normalized spacial score (nSPS) is 18.9. The van der Waals surface area contributed by atoms with Gasteiger partial charge in [0.25, 0.3) is 0 Å². The number of aromatic hydroxyl groups is 1. The van der Waals surface area contributed by atoms with Gasteiger partial charge in [-0.3, -0.25) is 4.79 Å². The highest BCUT2D eigenvalue weighted by Gasteiger charge is 2.29. The van der Waals surface area contributed by atoms with E-state index in [1.54, 1.807) is 25.1 Å². The SMILES string of the molecule is CC(=O)C1=C(C)NC(=S)N[C@@H]1c1cc(Br)ccc1O. The Morgan fingerprint density at radius 2 is 2.16 bits per heavy atom. The minimum Gasteiger partial charge on any atom is -0.508 e. The third-order valence-electron chi connectivity index (χ3n) is 2.95. The van der Waals surface area contributed by atoms with Gasteiger partial charge in [-0.2, -0.15) is 0 Å². The number of benzene rings is 1. The zero-order valence-corrected chi connectivity index (χ0v) is 12.9. The van der Waals surface area contributed by atoms with E-state index in [1.165, 1.54) is 6.92 Å². The molecule has 0 bridgehead atoms. The number of phenols is 1. The van der Waals surface area contributed by atoms with Crippen molar-refractivity contribution < 1.29 is 9.90 Å². The summed E-state index contributed by atoms with van der Waals surface area (Å²) in [6.45, 7) is 3.30. The first kappa shape index (κ1) is 14.0. The number of ketones is 1. The molecule has 0 amide bonds. The Morgan fingerprint density at radius 1 is 1.47 bits per heavy atom. The molecule has 6 heteroatoms. The van der Waals surface area contributed by atoms with Gasteiger partial charge in [0, 0.05) is 21.3 Å². The first-order valence-corrected chi connectivity index (χ1v) is 6.88. The number of hydrogen-bond acceptors (Lipinski definition) is 3. The Morgan fingerprint density at radius 3 is 2.79 bits per heavy atom. The fraction of sp³-hybridized carbons (Fsp3) is 0.231. The van der Waals surface area contributed by atoms with E-state index < -0.39 is 6.04 Å². The third-order valence-corrected chi connectivity index (χ3v) is 3.66. The van der Waals surface area contributed by atoms with Crippen LogP contribution in [0, 0.1) is 0 Å². The quantitative estimate of drug-likeness (QED) is 0.722. The van der Waals surface area contributed by atoms with Crippen LogP contribution in [0.3, 0.4) is 0 Å². The largest absolute Gasteiger partial charge is 0.508 e. The zero-order valence-electron chi connectivity index (χ0n) is 10.5. The Balaban J connectivity index is 2.58. The number of rotatable bonds is 2. The van der Waals surface area contributed by atoms with Crippen LogP contribution in [0.25, 0.3) is 0 Å². The second kappa shape index (κ2) is 5.30. The van der Waals surface area contributed by atoms with Crippen molar-refractivity contribution in [3.63, 3.8) is 0 Å². The molecule has 0 unspecified atom stereocenters. The smallest absolute Gasteiger partial charge is 0.171 e. The van der Waals surface area contributed by atoms with Gasteiger partial charge >= 0.3 is 0 Å². The summed E-state index contributed by atoms with van der Waals surface area (Å²) in [5.41, 5.74) is 1.89. The van der Waals surface area contributed by atoms with Crippen LogP contribution in [-0.4, -0.2) is 16.0 Å². The molecule has 4 nitrogen and oxygen atoms in total. The van der Waals surface area contributed by atoms with Crippen LogP contribution in [0.4, 0.5) is 0 Å². The van der Waals surface area contributed by atoms with Crippen molar-refractivity contribution in [2.75, 3.05) is 0 Å². The van der Waals surface area contributed by atoms with Gasteiger partial charge in [0.05, 0.1) is 6.04 Å². The van der Waals surface area contributed by atoms with E-state index in [4.69, 9.17) is 12.2 Å². The Kier molecular flexibility index (Phi) is 3.91. The molecule has 1 aromatic rings. The molecule has 1 atom stereocenters. The zero-order chi connectivity index (χ0) is 14.2. The molecule has 1 aromatic carbocycles. The Hall–Kier alpha value is -1.40.